The zero-order valence-corrected chi connectivity index (χ0v) is 14.7. The van der Waals surface area contributed by atoms with Gasteiger partial charge in [0.2, 0.25) is 5.79 Å². The number of rotatable bonds is 4. The number of benzene rings is 1. The minimum absolute atomic E-state index is 0.134. The van der Waals surface area contributed by atoms with Crippen molar-refractivity contribution in [2.45, 2.75) is 38.6 Å². The minimum atomic E-state index is -2.70. The van der Waals surface area contributed by atoms with Gasteiger partial charge in [0.05, 0.1) is 24.1 Å². The van der Waals surface area contributed by atoms with Gasteiger partial charge in [0.1, 0.15) is 11.9 Å². The maximum Gasteiger partial charge on any atom is 0.311 e. The van der Waals surface area contributed by atoms with Crippen molar-refractivity contribution in [3.8, 4) is 17.0 Å². The molecule has 8 heteroatoms. The average molecular weight is 369 g/mol. The second-order valence-electron chi connectivity index (χ2n) is 6.02. The predicted octanol–water partition coefficient (Wildman–Crippen LogP) is 4.50. The highest BCUT2D eigenvalue weighted by molar-refractivity contribution is 7.06. The molecule has 1 aliphatic heterocycles. The van der Waals surface area contributed by atoms with E-state index in [9.17, 15) is 13.6 Å². The third-order valence-electron chi connectivity index (χ3n) is 3.78. The fourth-order valence-electron chi connectivity index (χ4n) is 2.77. The van der Waals surface area contributed by atoms with E-state index in [1.165, 1.54) is 0 Å². The maximum atomic E-state index is 13.5. The number of hydrogen-bond acceptors (Lipinski definition) is 6. The summed E-state index contributed by atoms with van der Waals surface area (Å²) in [5, 5.41) is 0. The van der Waals surface area contributed by atoms with Crippen LogP contribution in [0.3, 0.4) is 0 Å². The molecule has 1 aliphatic rings. The van der Waals surface area contributed by atoms with Gasteiger partial charge in [-0.05, 0) is 35.8 Å². The first-order chi connectivity index (χ1) is 11.8. The molecule has 1 atom stereocenters. The van der Waals surface area contributed by atoms with Crippen LogP contribution in [0.1, 0.15) is 43.2 Å². The minimum Gasteiger partial charge on any atom is -0.497 e. The number of alkyl halides is 2. The highest BCUT2D eigenvalue weighted by Gasteiger charge is 2.40. The first-order valence-corrected chi connectivity index (χ1v) is 8.40. The lowest BCUT2D eigenvalue weighted by Crippen LogP contribution is -2.39. The van der Waals surface area contributed by atoms with Gasteiger partial charge in [0.15, 0.2) is 0 Å². The molecule has 134 valence electrons. The molecule has 0 radical (unpaired) electrons. The van der Waals surface area contributed by atoms with Crippen LogP contribution in [0.2, 0.25) is 0 Å². The number of ether oxygens (including phenoxy) is 3. The summed E-state index contributed by atoms with van der Waals surface area (Å²) in [7, 11) is 1.54. The van der Waals surface area contributed by atoms with E-state index in [1.54, 1.807) is 45.2 Å². The van der Waals surface area contributed by atoms with E-state index in [0.717, 1.165) is 11.5 Å². The van der Waals surface area contributed by atoms with Gasteiger partial charge >= 0.3 is 5.97 Å². The van der Waals surface area contributed by atoms with Crippen LogP contribution < -0.4 is 4.74 Å². The fraction of sp³-hybridized carbons (Fsp3) is 0.412. The van der Waals surface area contributed by atoms with Gasteiger partial charge in [-0.15, -0.1) is 0 Å². The van der Waals surface area contributed by atoms with E-state index in [-0.39, 0.29) is 16.9 Å². The van der Waals surface area contributed by atoms with Crippen molar-refractivity contribution in [2.24, 2.45) is 0 Å². The highest BCUT2D eigenvalue weighted by atomic mass is 32.1. The largest absolute Gasteiger partial charge is 0.497 e. The van der Waals surface area contributed by atoms with Crippen molar-refractivity contribution < 1.29 is 27.8 Å². The normalized spacial score (nSPS) is 19.8. The molecule has 2 heterocycles. The number of aromatic nitrogens is 1. The number of carbonyl (C=O) groups is 1. The summed E-state index contributed by atoms with van der Waals surface area (Å²) in [5.41, 5.74) is 1.28. The molecule has 5 nitrogen and oxygen atoms in total. The third kappa shape index (κ3) is 3.64. The summed E-state index contributed by atoms with van der Waals surface area (Å²) in [4.78, 5) is 11.7. The van der Waals surface area contributed by atoms with Crippen molar-refractivity contribution in [1.82, 2.24) is 4.37 Å². The SMILES string of the molecule is COc1ccc(-c2nsc(C(F)F)c2C2CC(=O)OC(C)(C)O2)cc1. The van der Waals surface area contributed by atoms with E-state index in [0.29, 0.717) is 17.0 Å². The summed E-state index contributed by atoms with van der Waals surface area (Å²) in [6.07, 6.45) is -3.68. The molecule has 1 saturated heterocycles. The van der Waals surface area contributed by atoms with Gasteiger partial charge in [-0.2, -0.15) is 4.37 Å². The quantitative estimate of drug-likeness (QED) is 0.743. The summed E-state index contributed by atoms with van der Waals surface area (Å²) >= 11 is 0.721. The van der Waals surface area contributed by atoms with Crippen LogP contribution in [-0.4, -0.2) is 23.2 Å². The average Bonchev–Trinajstić information content (AvgIpc) is 2.98. The lowest BCUT2D eigenvalue weighted by Gasteiger charge is -2.35. The topological polar surface area (TPSA) is 57.7 Å². The van der Waals surface area contributed by atoms with Crippen LogP contribution in [0.5, 0.6) is 5.75 Å². The Hall–Kier alpha value is -2.06. The summed E-state index contributed by atoms with van der Waals surface area (Å²) in [6.45, 7) is 3.15. The molecule has 1 fully saturated rings. The van der Waals surface area contributed by atoms with Gasteiger partial charge in [0.25, 0.3) is 6.43 Å². The summed E-state index contributed by atoms with van der Waals surface area (Å²) in [6, 6.07) is 6.92. The van der Waals surface area contributed by atoms with E-state index >= 15 is 0 Å². The monoisotopic (exact) mass is 369 g/mol. The Kier molecular flexibility index (Phi) is 4.75. The Morgan fingerprint density at radius 1 is 1.32 bits per heavy atom. The number of halogens is 2. The number of nitrogens with zero attached hydrogens (tertiary/aromatic N) is 1. The predicted molar refractivity (Wildman–Crippen MR) is 87.7 cm³/mol. The van der Waals surface area contributed by atoms with Crippen molar-refractivity contribution >= 4 is 17.5 Å². The second kappa shape index (κ2) is 6.68. The van der Waals surface area contributed by atoms with Crippen LogP contribution in [0.4, 0.5) is 8.78 Å². The standard InChI is InChI=1S/C17H17F2NO4S/c1-17(2)23-11(8-12(21)24-17)13-14(20-25-15(13)16(18)19)9-4-6-10(22-3)7-5-9/h4-7,11,16H,8H2,1-3H3. The lowest BCUT2D eigenvalue weighted by molar-refractivity contribution is -0.259. The molecular weight excluding hydrogens is 352 g/mol. The Labute approximate surface area is 147 Å². The molecule has 1 aromatic heterocycles. The van der Waals surface area contributed by atoms with Gasteiger partial charge in [0, 0.05) is 25.0 Å². The van der Waals surface area contributed by atoms with Crippen LogP contribution in [-0.2, 0) is 14.3 Å². The zero-order valence-electron chi connectivity index (χ0n) is 13.9. The Balaban J connectivity index is 2.07. The number of esters is 1. The lowest BCUT2D eigenvalue weighted by atomic mass is 9.98. The maximum absolute atomic E-state index is 13.5. The van der Waals surface area contributed by atoms with E-state index in [1.807, 2.05) is 0 Å². The Bertz CT molecular complexity index is 773. The number of carbonyl (C=O) groups excluding carboxylic acids is 1. The molecule has 2 aromatic rings. The van der Waals surface area contributed by atoms with Crippen LogP contribution >= 0.6 is 11.5 Å². The van der Waals surface area contributed by atoms with Gasteiger partial charge in [-0.1, -0.05) is 0 Å². The molecule has 0 aliphatic carbocycles. The molecule has 1 aromatic carbocycles. The Morgan fingerprint density at radius 3 is 2.56 bits per heavy atom. The van der Waals surface area contributed by atoms with Crippen molar-refractivity contribution in [3.05, 3.63) is 34.7 Å². The summed E-state index contributed by atoms with van der Waals surface area (Å²) in [5.74, 6) is -1.03. The number of cyclic esters (lactones) is 1. The van der Waals surface area contributed by atoms with Crippen LogP contribution in [0.15, 0.2) is 24.3 Å². The molecule has 0 N–H and O–H groups in total. The first kappa shape index (κ1) is 17.8. The second-order valence-corrected chi connectivity index (χ2v) is 6.83. The fourth-order valence-corrected chi connectivity index (χ4v) is 3.57. The molecule has 3 rings (SSSR count). The molecule has 0 spiro atoms. The highest BCUT2D eigenvalue weighted by Crippen LogP contribution is 2.44. The molecule has 0 saturated carbocycles. The van der Waals surface area contributed by atoms with Crippen molar-refractivity contribution in [3.63, 3.8) is 0 Å². The first-order valence-electron chi connectivity index (χ1n) is 7.62. The van der Waals surface area contributed by atoms with Crippen LogP contribution in [0.25, 0.3) is 11.3 Å². The van der Waals surface area contributed by atoms with Gasteiger partial charge < -0.3 is 14.2 Å². The van der Waals surface area contributed by atoms with Gasteiger partial charge in [-0.25, -0.2) is 8.78 Å². The smallest absolute Gasteiger partial charge is 0.311 e. The zero-order chi connectivity index (χ0) is 18.2. The summed E-state index contributed by atoms with van der Waals surface area (Å²) < 4.78 is 47.2. The van der Waals surface area contributed by atoms with Crippen molar-refractivity contribution in [2.75, 3.05) is 7.11 Å². The third-order valence-corrected chi connectivity index (χ3v) is 4.65. The van der Waals surface area contributed by atoms with E-state index < -0.39 is 24.3 Å². The molecule has 0 bridgehead atoms. The van der Waals surface area contributed by atoms with E-state index in [4.69, 9.17) is 14.2 Å². The molecule has 0 amide bonds. The Morgan fingerprint density at radius 2 is 2.00 bits per heavy atom. The van der Waals surface area contributed by atoms with Gasteiger partial charge in [-0.3, -0.25) is 4.79 Å². The molecule has 25 heavy (non-hydrogen) atoms. The van der Waals surface area contributed by atoms with Crippen molar-refractivity contribution in [1.29, 1.82) is 0 Å². The molecular formula is C17H17F2NO4S. The number of methoxy groups -OCH3 is 1. The number of hydrogen-bond donors (Lipinski definition) is 0. The van der Waals surface area contributed by atoms with Crippen LogP contribution in [0, 0.1) is 0 Å². The molecule has 1 unspecified atom stereocenters. The van der Waals surface area contributed by atoms with E-state index in [2.05, 4.69) is 4.37 Å².